The summed E-state index contributed by atoms with van der Waals surface area (Å²) in [7, 11) is 1.74. The molecule has 0 aliphatic heterocycles. The average Bonchev–Trinajstić information content (AvgIpc) is 2.13. The van der Waals surface area contributed by atoms with Crippen LogP contribution >= 0.6 is 27.5 Å². The molecule has 0 saturated heterocycles. The van der Waals surface area contributed by atoms with Crippen molar-refractivity contribution < 1.29 is 0 Å². The lowest BCUT2D eigenvalue weighted by atomic mass is 10.1. The molecule has 1 rings (SSSR count). The molecule has 0 spiro atoms. The molecule has 1 unspecified atom stereocenters. The number of nitrogens with zero attached hydrogens (tertiary/aromatic N) is 1. The van der Waals surface area contributed by atoms with Gasteiger partial charge in [0.05, 0.1) is 6.07 Å². The average molecular weight is 260 g/mol. The fourth-order valence-electron chi connectivity index (χ4n) is 1.03. The van der Waals surface area contributed by atoms with Crippen molar-refractivity contribution in [3.8, 4) is 6.07 Å². The van der Waals surface area contributed by atoms with Crippen LogP contribution < -0.4 is 5.32 Å². The summed E-state index contributed by atoms with van der Waals surface area (Å²) in [5, 5.41) is 12.3. The Morgan fingerprint density at radius 1 is 1.62 bits per heavy atom. The maximum absolute atomic E-state index is 8.82. The standard InChI is InChI=1S/C9H8BrClN2/c1-13-9(5-12)7-4-6(11)2-3-8(7)10/h2-4,9,13H,1H3. The highest BCUT2D eigenvalue weighted by Gasteiger charge is 2.11. The monoisotopic (exact) mass is 258 g/mol. The van der Waals surface area contributed by atoms with E-state index in [1.807, 2.05) is 6.07 Å². The van der Waals surface area contributed by atoms with Gasteiger partial charge < -0.3 is 5.32 Å². The van der Waals surface area contributed by atoms with Crippen LogP contribution in [0.4, 0.5) is 0 Å². The van der Waals surface area contributed by atoms with Crippen molar-refractivity contribution in [3.05, 3.63) is 33.3 Å². The molecule has 13 heavy (non-hydrogen) atoms. The molecule has 0 radical (unpaired) electrons. The topological polar surface area (TPSA) is 35.8 Å². The Morgan fingerprint density at radius 3 is 2.85 bits per heavy atom. The largest absolute Gasteiger partial charge is 0.301 e. The van der Waals surface area contributed by atoms with Crippen molar-refractivity contribution in [3.63, 3.8) is 0 Å². The highest BCUT2D eigenvalue weighted by Crippen LogP contribution is 2.26. The molecular formula is C9H8BrClN2. The van der Waals surface area contributed by atoms with Crippen LogP contribution in [-0.2, 0) is 0 Å². The first-order valence-corrected chi connectivity index (χ1v) is 4.88. The second-order valence-electron chi connectivity index (χ2n) is 2.52. The minimum Gasteiger partial charge on any atom is -0.301 e. The fraction of sp³-hybridized carbons (Fsp3) is 0.222. The van der Waals surface area contributed by atoms with Gasteiger partial charge in [0.2, 0.25) is 0 Å². The van der Waals surface area contributed by atoms with Gasteiger partial charge in [-0.1, -0.05) is 27.5 Å². The third-order valence-electron chi connectivity index (χ3n) is 1.69. The number of benzene rings is 1. The zero-order valence-electron chi connectivity index (χ0n) is 7.01. The van der Waals surface area contributed by atoms with E-state index in [1.54, 1.807) is 19.2 Å². The zero-order chi connectivity index (χ0) is 9.84. The summed E-state index contributed by atoms with van der Waals surface area (Å²) in [5.74, 6) is 0. The highest BCUT2D eigenvalue weighted by molar-refractivity contribution is 9.10. The van der Waals surface area contributed by atoms with Crippen molar-refractivity contribution in [2.24, 2.45) is 0 Å². The number of rotatable bonds is 2. The first-order chi connectivity index (χ1) is 6.19. The molecule has 0 bridgehead atoms. The van der Waals surface area contributed by atoms with E-state index in [0.29, 0.717) is 5.02 Å². The Kier molecular flexibility index (Phi) is 3.73. The van der Waals surface area contributed by atoms with Gasteiger partial charge in [-0.25, -0.2) is 0 Å². The summed E-state index contributed by atoms with van der Waals surface area (Å²) < 4.78 is 0.887. The Balaban J connectivity index is 3.13. The number of nitrogens with one attached hydrogen (secondary N) is 1. The van der Waals surface area contributed by atoms with Crippen LogP contribution in [0.1, 0.15) is 11.6 Å². The number of hydrogen-bond donors (Lipinski definition) is 1. The van der Waals surface area contributed by atoms with Crippen LogP contribution in [0, 0.1) is 11.3 Å². The summed E-state index contributed by atoms with van der Waals surface area (Å²) >= 11 is 9.18. The van der Waals surface area contributed by atoms with E-state index in [0.717, 1.165) is 10.0 Å². The van der Waals surface area contributed by atoms with Gasteiger partial charge >= 0.3 is 0 Å². The first-order valence-electron chi connectivity index (χ1n) is 3.71. The van der Waals surface area contributed by atoms with Gasteiger partial charge in [0.1, 0.15) is 6.04 Å². The van der Waals surface area contributed by atoms with Crippen LogP contribution in [0.15, 0.2) is 22.7 Å². The lowest BCUT2D eigenvalue weighted by molar-refractivity contribution is 0.724. The fourth-order valence-corrected chi connectivity index (χ4v) is 1.68. The normalized spacial score (nSPS) is 12.2. The molecule has 68 valence electrons. The van der Waals surface area contributed by atoms with E-state index in [1.165, 1.54) is 0 Å². The van der Waals surface area contributed by atoms with Gasteiger partial charge in [0.25, 0.3) is 0 Å². The van der Waals surface area contributed by atoms with Gasteiger partial charge in [-0.15, -0.1) is 0 Å². The molecule has 0 heterocycles. The van der Waals surface area contributed by atoms with Crippen molar-refractivity contribution in [1.29, 1.82) is 5.26 Å². The van der Waals surface area contributed by atoms with Gasteiger partial charge in [0.15, 0.2) is 0 Å². The lowest BCUT2D eigenvalue weighted by Crippen LogP contribution is -2.14. The quantitative estimate of drug-likeness (QED) is 0.886. The molecule has 1 aromatic rings. The van der Waals surface area contributed by atoms with Crippen molar-refractivity contribution in [2.75, 3.05) is 7.05 Å². The molecule has 1 aromatic carbocycles. The van der Waals surface area contributed by atoms with Crippen LogP contribution in [0.5, 0.6) is 0 Å². The summed E-state index contributed by atoms with van der Waals surface area (Å²) in [4.78, 5) is 0. The third kappa shape index (κ3) is 2.44. The summed E-state index contributed by atoms with van der Waals surface area (Å²) in [6.07, 6.45) is 0. The maximum Gasteiger partial charge on any atom is 0.122 e. The third-order valence-corrected chi connectivity index (χ3v) is 2.64. The van der Waals surface area contributed by atoms with Crippen molar-refractivity contribution >= 4 is 27.5 Å². The zero-order valence-corrected chi connectivity index (χ0v) is 9.35. The van der Waals surface area contributed by atoms with Crippen LogP contribution in [0.2, 0.25) is 5.02 Å². The van der Waals surface area contributed by atoms with E-state index in [4.69, 9.17) is 16.9 Å². The van der Waals surface area contributed by atoms with Gasteiger partial charge in [-0.2, -0.15) is 5.26 Å². The molecule has 0 aromatic heterocycles. The predicted octanol–water partition coefficient (Wildman–Crippen LogP) is 2.89. The SMILES string of the molecule is CNC(C#N)c1cc(Cl)ccc1Br. The van der Waals surface area contributed by atoms with Gasteiger partial charge in [-0.05, 0) is 30.8 Å². The second kappa shape index (κ2) is 4.61. The lowest BCUT2D eigenvalue weighted by Gasteiger charge is -2.10. The van der Waals surface area contributed by atoms with Crippen molar-refractivity contribution in [1.82, 2.24) is 5.32 Å². The van der Waals surface area contributed by atoms with E-state index in [-0.39, 0.29) is 6.04 Å². The van der Waals surface area contributed by atoms with Crippen LogP contribution in [0.25, 0.3) is 0 Å². The molecule has 0 aliphatic rings. The van der Waals surface area contributed by atoms with Gasteiger partial charge in [0, 0.05) is 9.50 Å². The Morgan fingerprint density at radius 2 is 2.31 bits per heavy atom. The predicted molar refractivity (Wildman–Crippen MR) is 56.6 cm³/mol. The second-order valence-corrected chi connectivity index (χ2v) is 3.81. The number of halogens is 2. The molecule has 0 amide bonds. The Bertz CT molecular complexity index is 346. The summed E-state index contributed by atoms with van der Waals surface area (Å²) in [5.41, 5.74) is 0.859. The molecule has 4 heteroatoms. The molecule has 1 atom stereocenters. The Labute approximate surface area is 90.6 Å². The molecule has 0 aliphatic carbocycles. The maximum atomic E-state index is 8.82. The van der Waals surface area contributed by atoms with Crippen LogP contribution in [0.3, 0.4) is 0 Å². The number of hydrogen-bond acceptors (Lipinski definition) is 2. The minimum absolute atomic E-state index is 0.326. The van der Waals surface area contributed by atoms with Crippen LogP contribution in [-0.4, -0.2) is 7.05 Å². The molecule has 2 nitrogen and oxygen atoms in total. The summed E-state index contributed by atoms with van der Waals surface area (Å²) in [6, 6.07) is 7.19. The summed E-state index contributed by atoms with van der Waals surface area (Å²) in [6.45, 7) is 0. The van der Waals surface area contributed by atoms with Gasteiger partial charge in [-0.3, -0.25) is 0 Å². The van der Waals surface area contributed by atoms with E-state index >= 15 is 0 Å². The van der Waals surface area contributed by atoms with E-state index < -0.39 is 0 Å². The highest BCUT2D eigenvalue weighted by atomic mass is 79.9. The van der Waals surface area contributed by atoms with Crippen molar-refractivity contribution in [2.45, 2.75) is 6.04 Å². The molecule has 0 saturated carbocycles. The number of nitriles is 1. The molecule has 0 fully saturated rings. The van der Waals surface area contributed by atoms with E-state index in [9.17, 15) is 0 Å². The first kappa shape index (κ1) is 10.5. The minimum atomic E-state index is -0.326. The Hall–Kier alpha value is -0.560. The molecular weight excluding hydrogens is 251 g/mol. The van der Waals surface area contributed by atoms with E-state index in [2.05, 4.69) is 27.3 Å². The molecule has 1 N–H and O–H groups in total. The smallest absolute Gasteiger partial charge is 0.122 e.